The third kappa shape index (κ3) is 3.46. The van der Waals surface area contributed by atoms with Gasteiger partial charge in [0, 0.05) is 18.5 Å². The van der Waals surface area contributed by atoms with Gasteiger partial charge in [0.05, 0.1) is 29.0 Å². The lowest BCUT2D eigenvalue weighted by Crippen LogP contribution is -2.13. The number of aromatic amines is 1. The highest BCUT2D eigenvalue weighted by Gasteiger charge is 2.16. The molecule has 2 heterocycles. The summed E-state index contributed by atoms with van der Waals surface area (Å²) in [5.74, 6) is 1.41. The van der Waals surface area contributed by atoms with Crippen molar-refractivity contribution in [1.29, 1.82) is 0 Å². The lowest BCUT2D eigenvalue weighted by molar-refractivity contribution is 0.414. The molecule has 2 aromatic carbocycles. The van der Waals surface area contributed by atoms with E-state index in [9.17, 15) is 4.79 Å². The normalized spacial score (nSPS) is 12.2. The van der Waals surface area contributed by atoms with Crippen LogP contribution in [0, 0.1) is 0 Å². The number of aromatic nitrogens is 4. The van der Waals surface area contributed by atoms with Crippen molar-refractivity contribution in [2.75, 3.05) is 7.11 Å². The van der Waals surface area contributed by atoms with Crippen LogP contribution in [0.2, 0.25) is 0 Å². The molecule has 0 aliphatic rings. The van der Waals surface area contributed by atoms with E-state index >= 15 is 0 Å². The standard InChI is InChI=1S/C20H18N4O2S/c1-13(18-22-17-9-4-3-8-16(17)19(25)23-18)27-20-21-10-11-24(20)14-6-5-7-15(12-14)26-2/h3-13H,1-2H3,(H,22,23,25). The van der Waals surface area contributed by atoms with Gasteiger partial charge in [0.15, 0.2) is 5.16 Å². The smallest absolute Gasteiger partial charge is 0.258 e. The molecule has 4 aromatic rings. The Balaban J connectivity index is 1.65. The number of rotatable bonds is 5. The third-order valence-corrected chi connectivity index (χ3v) is 5.33. The molecule has 1 unspecified atom stereocenters. The van der Waals surface area contributed by atoms with Crippen molar-refractivity contribution in [2.45, 2.75) is 17.3 Å². The van der Waals surface area contributed by atoms with Crippen LogP contribution in [0.3, 0.4) is 0 Å². The maximum absolute atomic E-state index is 12.3. The van der Waals surface area contributed by atoms with Crippen LogP contribution in [0.5, 0.6) is 5.75 Å². The summed E-state index contributed by atoms with van der Waals surface area (Å²) >= 11 is 1.53. The van der Waals surface area contributed by atoms with E-state index in [-0.39, 0.29) is 10.8 Å². The van der Waals surface area contributed by atoms with Crippen LogP contribution in [0.4, 0.5) is 0 Å². The summed E-state index contributed by atoms with van der Waals surface area (Å²) in [5, 5.41) is 1.33. The predicted octanol–water partition coefficient (Wildman–Crippen LogP) is 3.97. The van der Waals surface area contributed by atoms with Gasteiger partial charge in [0.2, 0.25) is 0 Å². The Bertz CT molecular complexity index is 1150. The van der Waals surface area contributed by atoms with E-state index in [1.54, 1.807) is 19.4 Å². The SMILES string of the molecule is COc1cccc(-n2ccnc2SC(C)c2nc3ccccc3c(=O)[nH]2)c1. The van der Waals surface area contributed by atoms with Gasteiger partial charge in [-0.3, -0.25) is 9.36 Å². The van der Waals surface area contributed by atoms with Gasteiger partial charge in [-0.15, -0.1) is 0 Å². The van der Waals surface area contributed by atoms with Crippen molar-refractivity contribution < 1.29 is 4.74 Å². The Morgan fingerprint density at radius 1 is 1.19 bits per heavy atom. The van der Waals surface area contributed by atoms with Crippen molar-refractivity contribution in [3.8, 4) is 11.4 Å². The lowest BCUT2D eigenvalue weighted by atomic mass is 10.2. The summed E-state index contributed by atoms with van der Waals surface area (Å²) in [4.78, 5) is 24.3. The molecule has 0 fully saturated rings. The Labute approximate surface area is 160 Å². The van der Waals surface area contributed by atoms with E-state index in [0.717, 1.165) is 16.6 Å². The second-order valence-corrected chi connectivity index (χ2v) is 7.32. The molecule has 0 bridgehead atoms. The zero-order chi connectivity index (χ0) is 18.8. The van der Waals surface area contributed by atoms with E-state index in [1.807, 2.05) is 60.2 Å². The molecular weight excluding hydrogens is 360 g/mol. The average molecular weight is 378 g/mol. The summed E-state index contributed by atoms with van der Waals surface area (Å²) in [7, 11) is 1.65. The Morgan fingerprint density at radius 2 is 2.04 bits per heavy atom. The zero-order valence-corrected chi connectivity index (χ0v) is 15.7. The van der Waals surface area contributed by atoms with Crippen LogP contribution in [-0.4, -0.2) is 26.6 Å². The number of nitrogens with one attached hydrogen (secondary N) is 1. The zero-order valence-electron chi connectivity index (χ0n) is 14.9. The first-order valence-electron chi connectivity index (χ1n) is 8.49. The van der Waals surface area contributed by atoms with Gasteiger partial charge >= 0.3 is 0 Å². The topological polar surface area (TPSA) is 72.8 Å². The maximum atomic E-state index is 12.3. The minimum atomic E-state index is -0.126. The second kappa shape index (κ2) is 7.28. The number of H-pyrrole nitrogens is 1. The van der Waals surface area contributed by atoms with Crippen molar-refractivity contribution in [3.05, 3.63) is 77.1 Å². The molecule has 136 valence electrons. The fraction of sp³-hybridized carbons (Fsp3) is 0.150. The second-order valence-electron chi connectivity index (χ2n) is 6.01. The molecule has 0 aliphatic heterocycles. The Morgan fingerprint density at radius 3 is 2.89 bits per heavy atom. The highest BCUT2D eigenvalue weighted by Crippen LogP contribution is 2.33. The van der Waals surface area contributed by atoms with E-state index < -0.39 is 0 Å². The number of methoxy groups -OCH3 is 1. The molecule has 4 rings (SSSR count). The Kier molecular flexibility index (Phi) is 4.68. The molecule has 0 saturated carbocycles. The van der Waals surface area contributed by atoms with E-state index in [1.165, 1.54) is 11.8 Å². The molecule has 7 heteroatoms. The van der Waals surface area contributed by atoms with Crippen LogP contribution in [0.1, 0.15) is 18.0 Å². The van der Waals surface area contributed by atoms with Gasteiger partial charge in [0.1, 0.15) is 11.6 Å². The number of ether oxygens (including phenoxy) is 1. The minimum absolute atomic E-state index is 0.0749. The number of hydrogen-bond acceptors (Lipinski definition) is 5. The number of para-hydroxylation sites is 1. The third-order valence-electron chi connectivity index (χ3n) is 4.24. The number of thioether (sulfide) groups is 1. The molecule has 1 N–H and O–H groups in total. The monoisotopic (exact) mass is 378 g/mol. The number of benzene rings is 2. The molecule has 2 aromatic heterocycles. The molecule has 0 saturated heterocycles. The van der Waals surface area contributed by atoms with Gasteiger partial charge in [0.25, 0.3) is 5.56 Å². The molecule has 6 nitrogen and oxygen atoms in total. The minimum Gasteiger partial charge on any atom is -0.497 e. The molecule has 0 radical (unpaired) electrons. The average Bonchev–Trinajstić information content (AvgIpc) is 3.16. The van der Waals surface area contributed by atoms with Gasteiger partial charge in [-0.05, 0) is 31.2 Å². The molecule has 0 spiro atoms. The first kappa shape index (κ1) is 17.4. The van der Waals surface area contributed by atoms with Crippen LogP contribution in [0.15, 0.2) is 70.9 Å². The molecular formula is C20H18N4O2S. The number of hydrogen-bond donors (Lipinski definition) is 1. The summed E-state index contributed by atoms with van der Waals surface area (Å²) in [6, 6.07) is 15.1. The quantitative estimate of drug-likeness (QED) is 0.532. The largest absolute Gasteiger partial charge is 0.497 e. The van der Waals surface area contributed by atoms with Crippen LogP contribution in [-0.2, 0) is 0 Å². The first-order valence-corrected chi connectivity index (χ1v) is 9.37. The summed E-state index contributed by atoms with van der Waals surface area (Å²) in [6.45, 7) is 2.00. The number of imidazole rings is 1. The van der Waals surface area contributed by atoms with Gasteiger partial charge in [-0.2, -0.15) is 0 Å². The van der Waals surface area contributed by atoms with Crippen LogP contribution >= 0.6 is 11.8 Å². The van der Waals surface area contributed by atoms with Crippen LogP contribution in [0.25, 0.3) is 16.6 Å². The number of fused-ring (bicyclic) bond motifs is 1. The molecule has 0 aliphatic carbocycles. The van der Waals surface area contributed by atoms with Gasteiger partial charge in [-0.25, -0.2) is 9.97 Å². The van der Waals surface area contributed by atoms with E-state index in [0.29, 0.717) is 16.7 Å². The Hall–Kier alpha value is -3.06. The molecule has 27 heavy (non-hydrogen) atoms. The predicted molar refractivity (Wildman–Crippen MR) is 107 cm³/mol. The van der Waals surface area contributed by atoms with Crippen molar-refractivity contribution in [3.63, 3.8) is 0 Å². The summed E-state index contributed by atoms with van der Waals surface area (Å²) in [5.41, 5.74) is 1.53. The van der Waals surface area contributed by atoms with Crippen LogP contribution < -0.4 is 10.3 Å². The molecule has 0 amide bonds. The van der Waals surface area contributed by atoms with Gasteiger partial charge in [-0.1, -0.05) is 30.0 Å². The number of nitrogens with zero attached hydrogens (tertiary/aromatic N) is 3. The first-order chi connectivity index (χ1) is 13.2. The highest BCUT2D eigenvalue weighted by molar-refractivity contribution is 7.99. The lowest BCUT2D eigenvalue weighted by Gasteiger charge is -2.13. The fourth-order valence-electron chi connectivity index (χ4n) is 2.84. The van der Waals surface area contributed by atoms with E-state index in [2.05, 4.69) is 15.0 Å². The molecule has 1 atom stereocenters. The summed E-state index contributed by atoms with van der Waals surface area (Å²) < 4.78 is 7.30. The maximum Gasteiger partial charge on any atom is 0.258 e. The van der Waals surface area contributed by atoms with E-state index in [4.69, 9.17) is 4.74 Å². The van der Waals surface area contributed by atoms with Crippen molar-refractivity contribution >= 4 is 22.7 Å². The fourth-order valence-corrected chi connectivity index (χ4v) is 3.79. The summed E-state index contributed by atoms with van der Waals surface area (Å²) in [6.07, 6.45) is 3.66. The highest BCUT2D eigenvalue weighted by atomic mass is 32.2. The van der Waals surface area contributed by atoms with Gasteiger partial charge < -0.3 is 9.72 Å². The van der Waals surface area contributed by atoms with Crippen molar-refractivity contribution in [2.24, 2.45) is 0 Å². The van der Waals surface area contributed by atoms with Crippen molar-refractivity contribution in [1.82, 2.24) is 19.5 Å².